The topological polar surface area (TPSA) is 72.6 Å². The largest absolute Gasteiger partial charge is 0.497 e. The molecule has 29 heavy (non-hydrogen) atoms. The van der Waals surface area contributed by atoms with E-state index in [-0.39, 0.29) is 30.6 Å². The monoisotopic (exact) mass is 398 g/mol. The van der Waals surface area contributed by atoms with Gasteiger partial charge in [-0.2, -0.15) is 0 Å². The third-order valence-electron chi connectivity index (χ3n) is 6.01. The Morgan fingerprint density at radius 2 is 1.86 bits per heavy atom. The minimum atomic E-state index is -0.504. The lowest BCUT2D eigenvalue weighted by Gasteiger charge is -2.44. The molecule has 1 saturated heterocycles. The van der Waals surface area contributed by atoms with E-state index in [1.54, 1.807) is 19.2 Å². The minimum absolute atomic E-state index is 0.0216. The zero-order chi connectivity index (χ0) is 21.0. The minimum Gasteiger partial charge on any atom is -0.497 e. The molecule has 2 amide bonds. The molecule has 0 spiro atoms. The van der Waals surface area contributed by atoms with Gasteiger partial charge in [-0.15, -0.1) is 0 Å². The summed E-state index contributed by atoms with van der Waals surface area (Å²) >= 11 is 0. The van der Waals surface area contributed by atoms with Crippen LogP contribution < -0.4 is 10.5 Å². The van der Waals surface area contributed by atoms with E-state index >= 15 is 0 Å². The lowest BCUT2D eigenvalue weighted by molar-refractivity contribution is -0.139. The third-order valence-corrected chi connectivity index (χ3v) is 6.01. The predicted octanol–water partition coefficient (Wildman–Crippen LogP) is 3.72. The van der Waals surface area contributed by atoms with Crippen LogP contribution >= 0.6 is 0 Å². The second-order valence-corrected chi connectivity index (χ2v) is 7.72. The van der Waals surface area contributed by atoms with Crippen molar-refractivity contribution < 1.29 is 18.7 Å². The maximum atomic E-state index is 13.4. The van der Waals surface area contributed by atoms with Crippen molar-refractivity contribution in [3.63, 3.8) is 0 Å². The molecule has 2 aromatic rings. The van der Waals surface area contributed by atoms with Gasteiger partial charge in [0.25, 0.3) is 0 Å². The summed E-state index contributed by atoms with van der Waals surface area (Å²) in [4.78, 5) is 26.4. The van der Waals surface area contributed by atoms with Gasteiger partial charge < -0.3 is 15.4 Å². The SMILES string of the molecule is COc1ccc([C@H](C)N2CCC(CCC(N)=O)(c3ccc(F)cc3)CC2=O)cc1. The van der Waals surface area contributed by atoms with E-state index in [1.807, 2.05) is 36.1 Å². The van der Waals surface area contributed by atoms with Crippen LogP contribution in [0.5, 0.6) is 5.75 Å². The van der Waals surface area contributed by atoms with E-state index in [2.05, 4.69) is 0 Å². The van der Waals surface area contributed by atoms with Crippen molar-refractivity contribution in [2.24, 2.45) is 5.73 Å². The first-order valence-electron chi connectivity index (χ1n) is 9.82. The second kappa shape index (κ2) is 8.64. The Hall–Kier alpha value is -2.89. The number of amides is 2. The summed E-state index contributed by atoms with van der Waals surface area (Å²) < 4.78 is 18.6. The van der Waals surface area contributed by atoms with Crippen molar-refractivity contribution in [1.29, 1.82) is 0 Å². The Morgan fingerprint density at radius 3 is 2.41 bits per heavy atom. The Labute approximate surface area is 170 Å². The Bertz CT molecular complexity index is 867. The summed E-state index contributed by atoms with van der Waals surface area (Å²) in [7, 11) is 1.62. The smallest absolute Gasteiger partial charge is 0.223 e. The number of carbonyl (C=O) groups is 2. The molecule has 2 atom stereocenters. The molecule has 5 nitrogen and oxygen atoms in total. The molecule has 1 fully saturated rings. The number of rotatable bonds is 7. The predicted molar refractivity (Wildman–Crippen MR) is 109 cm³/mol. The van der Waals surface area contributed by atoms with Gasteiger partial charge in [-0.05, 0) is 55.2 Å². The Balaban J connectivity index is 1.82. The van der Waals surface area contributed by atoms with Crippen LogP contribution in [0.2, 0.25) is 0 Å². The first-order valence-corrected chi connectivity index (χ1v) is 9.82. The molecular formula is C23H27FN2O3. The molecule has 3 rings (SSSR count). The zero-order valence-corrected chi connectivity index (χ0v) is 16.9. The number of hydrogen-bond acceptors (Lipinski definition) is 3. The number of piperidine rings is 1. The lowest BCUT2D eigenvalue weighted by atomic mass is 9.69. The van der Waals surface area contributed by atoms with Gasteiger partial charge in [0.05, 0.1) is 13.2 Å². The number of likely N-dealkylation sites (tertiary alicyclic amines) is 1. The number of benzene rings is 2. The van der Waals surface area contributed by atoms with Crippen LogP contribution in [0.15, 0.2) is 48.5 Å². The number of nitrogens with zero attached hydrogens (tertiary/aromatic N) is 1. The van der Waals surface area contributed by atoms with E-state index < -0.39 is 11.3 Å². The van der Waals surface area contributed by atoms with E-state index in [9.17, 15) is 14.0 Å². The highest BCUT2D eigenvalue weighted by molar-refractivity contribution is 5.80. The quantitative estimate of drug-likeness (QED) is 0.773. The van der Waals surface area contributed by atoms with Crippen LogP contribution in [-0.4, -0.2) is 30.4 Å². The maximum absolute atomic E-state index is 13.4. The zero-order valence-electron chi connectivity index (χ0n) is 16.9. The van der Waals surface area contributed by atoms with Gasteiger partial charge in [-0.3, -0.25) is 9.59 Å². The molecule has 0 bridgehead atoms. The fraction of sp³-hybridized carbons (Fsp3) is 0.391. The van der Waals surface area contributed by atoms with Crippen LogP contribution in [0.25, 0.3) is 0 Å². The first kappa shape index (κ1) is 20.8. The van der Waals surface area contributed by atoms with Gasteiger partial charge in [0.15, 0.2) is 0 Å². The normalized spacial score (nSPS) is 20.4. The van der Waals surface area contributed by atoms with Crippen molar-refractivity contribution in [3.05, 3.63) is 65.5 Å². The number of methoxy groups -OCH3 is 1. The summed E-state index contributed by atoms with van der Waals surface area (Å²) in [6.45, 7) is 2.57. The lowest BCUT2D eigenvalue weighted by Crippen LogP contribution is -2.47. The van der Waals surface area contributed by atoms with Crippen LogP contribution in [0.1, 0.15) is 49.8 Å². The molecule has 2 aromatic carbocycles. The Kier molecular flexibility index (Phi) is 6.20. The number of carbonyl (C=O) groups excluding carboxylic acids is 2. The summed E-state index contributed by atoms with van der Waals surface area (Å²) in [5, 5.41) is 0. The highest BCUT2D eigenvalue weighted by Gasteiger charge is 2.41. The number of halogens is 1. The van der Waals surface area contributed by atoms with Crippen molar-refractivity contribution >= 4 is 11.8 Å². The highest BCUT2D eigenvalue weighted by Crippen LogP contribution is 2.42. The van der Waals surface area contributed by atoms with Gasteiger partial charge >= 0.3 is 0 Å². The van der Waals surface area contributed by atoms with E-state index in [4.69, 9.17) is 10.5 Å². The first-order chi connectivity index (χ1) is 13.8. The molecule has 154 valence electrons. The second-order valence-electron chi connectivity index (χ2n) is 7.72. The van der Waals surface area contributed by atoms with Gasteiger partial charge in [-0.1, -0.05) is 24.3 Å². The van der Waals surface area contributed by atoms with Gasteiger partial charge in [0.2, 0.25) is 11.8 Å². The van der Waals surface area contributed by atoms with Gasteiger partial charge in [-0.25, -0.2) is 4.39 Å². The molecule has 1 heterocycles. The molecule has 1 aliphatic rings. The maximum Gasteiger partial charge on any atom is 0.223 e. The summed E-state index contributed by atoms with van der Waals surface area (Å²) in [6, 6.07) is 13.9. The molecule has 0 saturated carbocycles. The van der Waals surface area contributed by atoms with Crippen molar-refractivity contribution in [2.75, 3.05) is 13.7 Å². The average molecular weight is 398 g/mol. The van der Waals surface area contributed by atoms with E-state index in [0.717, 1.165) is 16.9 Å². The van der Waals surface area contributed by atoms with Crippen molar-refractivity contribution in [1.82, 2.24) is 4.90 Å². The van der Waals surface area contributed by atoms with Crippen LogP contribution in [0.3, 0.4) is 0 Å². The Morgan fingerprint density at radius 1 is 1.21 bits per heavy atom. The molecule has 0 radical (unpaired) electrons. The van der Waals surface area contributed by atoms with Crippen molar-refractivity contribution in [2.45, 2.75) is 44.1 Å². The highest BCUT2D eigenvalue weighted by atomic mass is 19.1. The van der Waals surface area contributed by atoms with Crippen LogP contribution in [-0.2, 0) is 15.0 Å². The molecule has 2 N–H and O–H groups in total. The summed E-state index contributed by atoms with van der Waals surface area (Å²) in [6.07, 6.45) is 1.63. The van der Waals surface area contributed by atoms with Crippen LogP contribution in [0, 0.1) is 5.82 Å². The number of primary amides is 1. The molecule has 0 aromatic heterocycles. The number of nitrogens with two attached hydrogens (primary N) is 1. The molecule has 0 aliphatic carbocycles. The molecule has 6 heteroatoms. The standard InChI is InChI=1S/C23H27FN2O3/c1-16(17-3-9-20(29-2)10-4-17)26-14-13-23(15-22(26)28,12-11-21(25)27)18-5-7-19(24)8-6-18/h3-10,16H,11-15H2,1-2H3,(H2,25,27)/t16-,23?/m0/s1. The fourth-order valence-corrected chi connectivity index (χ4v) is 4.18. The summed E-state index contributed by atoms with van der Waals surface area (Å²) in [5.41, 5.74) is 6.78. The van der Waals surface area contributed by atoms with E-state index in [0.29, 0.717) is 19.4 Å². The summed E-state index contributed by atoms with van der Waals surface area (Å²) in [5.74, 6) is 0.0738. The van der Waals surface area contributed by atoms with Gasteiger partial charge in [0.1, 0.15) is 11.6 Å². The van der Waals surface area contributed by atoms with Crippen LogP contribution in [0.4, 0.5) is 4.39 Å². The van der Waals surface area contributed by atoms with Crippen molar-refractivity contribution in [3.8, 4) is 5.75 Å². The molecular weight excluding hydrogens is 371 g/mol. The number of ether oxygens (including phenoxy) is 1. The van der Waals surface area contributed by atoms with Gasteiger partial charge in [0, 0.05) is 24.8 Å². The average Bonchev–Trinajstić information content (AvgIpc) is 2.72. The van der Waals surface area contributed by atoms with E-state index in [1.165, 1.54) is 12.1 Å². The fourth-order valence-electron chi connectivity index (χ4n) is 4.18. The molecule has 1 aliphatic heterocycles. The number of hydrogen-bond donors (Lipinski definition) is 1. The molecule has 1 unspecified atom stereocenters. The third kappa shape index (κ3) is 4.58.